The second-order valence-electron chi connectivity index (χ2n) is 3.82. The molecule has 22 heavy (non-hydrogen) atoms. The maximum atomic E-state index is 4.04. The number of hydrogen-bond donors (Lipinski definition) is 1. The quantitative estimate of drug-likeness (QED) is 0.499. The molecule has 0 fully saturated rings. The van der Waals surface area contributed by atoms with Crippen LogP contribution in [0.1, 0.15) is 27.7 Å². The lowest BCUT2D eigenvalue weighted by molar-refractivity contribution is 0.939. The fraction of sp³-hybridized carbons (Fsp3) is 0.222. The molecule has 0 aliphatic rings. The first kappa shape index (κ1) is 17.4. The summed E-state index contributed by atoms with van der Waals surface area (Å²) >= 11 is 0. The van der Waals surface area contributed by atoms with Crippen LogP contribution in [0.2, 0.25) is 0 Å². The zero-order valence-corrected chi connectivity index (χ0v) is 13.7. The van der Waals surface area contributed by atoms with Gasteiger partial charge in [-0.05, 0) is 23.6 Å². The number of fused-ring (bicyclic) bond motifs is 2. The number of hydrogen-bond acceptors (Lipinski definition) is 2. The molecular formula is C18H24N4. The molecular weight excluding hydrogens is 272 g/mol. The molecule has 0 aliphatic heterocycles. The smallest absolute Gasteiger partial charge is 0.154 e. The minimum atomic E-state index is 0.887. The molecule has 0 amide bonds. The number of benzene rings is 1. The van der Waals surface area contributed by atoms with E-state index in [9.17, 15) is 0 Å². The Kier molecular flexibility index (Phi) is 8.05. The van der Waals surface area contributed by atoms with Crippen LogP contribution in [0.25, 0.3) is 16.6 Å². The summed E-state index contributed by atoms with van der Waals surface area (Å²) in [5.41, 5.74) is 2.09. The lowest BCUT2D eigenvalue weighted by Crippen LogP contribution is -1.85. The number of nitrogens with one attached hydrogen (secondary N) is 1. The monoisotopic (exact) mass is 296 g/mol. The first-order chi connectivity index (χ1) is 10.9. The topological polar surface area (TPSA) is 46.0 Å². The van der Waals surface area contributed by atoms with E-state index in [0.29, 0.717) is 0 Å². The second-order valence-corrected chi connectivity index (χ2v) is 3.82. The van der Waals surface area contributed by atoms with E-state index in [-0.39, 0.29) is 0 Å². The fourth-order valence-corrected chi connectivity index (χ4v) is 1.76. The van der Waals surface area contributed by atoms with Gasteiger partial charge in [0.05, 0.1) is 6.20 Å². The van der Waals surface area contributed by atoms with E-state index in [4.69, 9.17) is 0 Å². The van der Waals surface area contributed by atoms with Gasteiger partial charge in [-0.25, -0.2) is 9.50 Å². The highest BCUT2D eigenvalue weighted by Crippen LogP contribution is 2.09. The third-order valence-electron chi connectivity index (χ3n) is 2.63. The largest absolute Gasteiger partial charge is 0.361 e. The van der Waals surface area contributed by atoms with Crippen molar-refractivity contribution in [3.05, 3.63) is 67.3 Å². The fourth-order valence-electron chi connectivity index (χ4n) is 1.76. The molecule has 0 saturated carbocycles. The molecule has 0 spiro atoms. The summed E-state index contributed by atoms with van der Waals surface area (Å²) in [5, 5.41) is 5.25. The van der Waals surface area contributed by atoms with E-state index in [1.54, 1.807) is 16.9 Å². The van der Waals surface area contributed by atoms with Crippen LogP contribution in [-0.4, -0.2) is 19.6 Å². The standard InChI is InChI=1S/C8H7N.C6H5N3.2C2H6/c1-2-4-8-7(3-1)5-6-9-8;1-3-7-6-2-4-8-9(6)5-1;2*1-2/h1-6,9H;1-5H;2*1-2H3. The molecule has 1 N–H and O–H groups in total. The Labute approximate surface area is 131 Å². The minimum absolute atomic E-state index is 0.887. The van der Waals surface area contributed by atoms with Crippen LogP contribution in [-0.2, 0) is 0 Å². The van der Waals surface area contributed by atoms with E-state index >= 15 is 0 Å². The van der Waals surface area contributed by atoms with Crippen molar-refractivity contribution in [1.82, 2.24) is 19.6 Å². The number of nitrogens with zero attached hydrogens (tertiary/aromatic N) is 3. The molecule has 1 aromatic carbocycles. The highest BCUT2D eigenvalue weighted by molar-refractivity contribution is 5.78. The van der Waals surface area contributed by atoms with Gasteiger partial charge in [0.15, 0.2) is 5.65 Å². The molecule has 3 heterocycles. The molecule has 0 bridgehead atoms. The lowest BCUT2D eigenvalue weighted by atomic mass is 10.3. The van der Waals surface area contributed by atoms with Gasteiger partial charge in [-0.15, -0.1) is 0 Å². The summed E-state index contributed by atoms with van der Waals surface area (Å²) in [6.07, 6.45) is 7.28. The average Bonchev–Trinajstić information content (AvgIpc) is 3.28. The molecule has 3 aromatic heterocycles. The Balaban J connectivity index is 0.000000180. The Bertz CT molecular complexity index is 629. The average molecular weight is 296 g/mol. The molecule has 4 rings (SSSR count). The van der Waals surface area contributed by atoms with E-state index in [2.05, 4.69) is 33.3 Å². The van der Waals surface area contributed by atoms with Crippen LogP contribution in [0.5, 0.6) is 0 Å². The predicted molar refractivity (Wildman–Crippen MR) is 94.0 cm³/mol. The maximum absolute atomic E-state index is 4.04. The maximum Gasteiger partial charge on any atom is 0.154 e. The Morgan fingerprint density at radius 3 is 2.36 bits per heavy atom. The number of para-hydroxylation sites is 1. The van der Waals surface area contributed by atoms with Gasteiger partial charge >= 0.3 is 0 Å². The van der Waals surface area contributed by atoms with Crippen molar-refractivity contribution < 1.29 is 0 Å². The summed E-state index contributed by atoms with van der Waals surface area (Å²) in [6.45, 7) is 8.00. The van der Waals surface area contributed by atoms with Gasteiger partial charge in [-0.3, -0.25) is 0 Å². The first-order valence-corrected chi connectivity index (χ1v) is 7.70. The van der Waals surface area contributed by atoms with Crippen molar-refractivity contribution in [3.8, 4) is 0 Å². The SMILES string of the molecule is CC.CC.c1ccc2[nH]ccc2c1.c1cnc2ccnn2c1. The van der Waals surface area contributed by atoms with Crippen LogP contribution in [0.3, 0.4) is 0 Å². The molecule has 0 radical (unpaired) electrons. The van der Waals surface area contributed by atoms with Gasteiger partial charge in [-0.1, -0.05) is 45.9 Å². The normalized spacial score (nSPS) is 8.91. The van der Waals surface area contributed by atoms with Gasteiger partial charge in [-0.2, -0.15) is 5.10 Å². The third kappa shape index (κ3) is 4.74. The zero-order chi connectivity index (χ0) is 16.2. The van der Waals surface area contributed by atoms with Gasteiger partial charge in [0.2, 0.25) is 0 Å². The number of aromatic nitrogens is 4. The first-order valence-electron chi connectivity index (χ1n) is 7.70. The number of aromatic amines is 1. The van der Waals surface area contributed by atoms with E-state index in [1.165, 1.54) is 10.9 Å². The van der Waals surface area contributed by atoms with Crippen LogP contribution in [0.15, 0.2) is 67.3 Å². The highest BCUT2D eigenvalue weighted by Gasteiger charge is 1.87. The summed E-state index contributed by atoms with van der Waals surface area (Å²) in [5.74, 6) is 0. The zero-order valence-electron chi connectivity index (χ0n) is 13.7. The Morgan fingerprint density at radius 2 is 1.64 bits per heavy atom. The van der Waals surface area contributed by atoms with Crippen molar-refractivity contribution >= 4 is 16.6 Å². The molecule has 4 nitrogen and oxygen atoms in total. The third-order valence-corrected chi connectivity index (χ3v) is 2.63. The van der Waals surface area contributed by atoms with Gasteiger partial charge in [0, 0.05) is 30.2 Å². The number of rotatable bonds is 0. The van der Waals surface area contributed by atoms with Gasteiger partial charge < -0.3 is 4.98 Å². The van der Waals surface area contributed by atoms with Crippen molar-refractivity contribution in [2.24, 2.45) is 0 Å². The van der Waals surface area contributed by atoms with Crippen molar-refractivity contribution in [2.45, 2.75) is 27.7 Å². The molecule has 4 aromatic rings. The molecule has 4 heteroatoms. The van der Waals surface area contributed by atoms with E-state index in [0.717, 1.165) is 5.65 Å². The van der Waals surface area contributed by atoms with Gasteiger partial charge in [0.1, 0.15) is 0 Å². The van der Waals surface area contributed by atoms with Crippen molar-refractivity contribution in [3.63, 3.8) is 0 Å². The van der Waals surface area contributed by atoms with Gasteiger partial charge in [0.25, 0.3) is 0 Å². The lowest BCUT2D eigenvalue weighted by Gasteiger charge is -1.85. The molecule has 0 atom stereocenters. The number of H-pyrrole nitrogens is 1. The van der Waals surface area contributed by atoms with Crippen LogP contribution in [0.4, 0.5) is 0 Å². The van der Waals surface area contributed by atoms with E-state index in [1.807, 2.05) is 64.4 Å². The van der Waals surface area contributed by atoms with Crippen LogP contribution < -0.4 is 0 Å². The Morgan fingerprint density at radius 1 is 0.864 bits per heavy atom. The van der Waals surface area contributed by atoms with E-state index < -0.39 is 0 Å². The summed E-state index contributed by atoms with van der Waals surface area (Å²) < 4.78 is 1.72. The highest BCUT2D eigenvalue weighted by atomic mass is 15.2. The summed E-state index contributed by atoms with van der Waals surface area (Å²) in [7, 11) is 0. The minimum Gasteiger partial charge on any atom is -0.361 e. The molecule has 116 valence electrons. The van der Waals surface area contributed by atoms with Crippen molar-refractivity contribution in [1.29, 1.82) is 0 Å². The Hall–Kier alpha value is -2.62. The molecule has 0 unspecified atom stereocenters. The van der Waals surface area contributed by atoms with Crippen LogP contribution in [0, 0.1) is 0 Å². The molecule has 0 aliphatic carbocycles. The summed E-state index contributed by atoms with van der Waals surface area (Å²) in [6, 6.07) is 14.0. The molecule has 0 saturated heterocycles. The summed E-state index contributed by atoms with van der Waals surface area (Å²) in [4.78, 5) is 7.16. The predicted octanol–water partition coefficient (Wildman–Crippen LogP) is 4.95. The van der Waals surface area contributed by atoms with Crippen molar-refractivity contribution in [2.75, 3.05) is 0 Å². The second kappa shape index (κ2) is 10.2. The van der Waals surface area contributed by atoms with Crippen LogP contribution >= 0.6 is 0 Å².